The number of aliphatic hydroxyl groups excluding tert-OH is 1. The first kappa shape index (κ1) is 20.5. The number of nitrogens with zero attached hydrogens (tertiary/aromatic N) is 3. The predicted octanol–water partition coefficient (Wildman–Crippen LogP) is 3.33. The average Bonchev–Trinajstić information content (AvgIpc) is 3.19. The topological polar surface area (TPSA) is 79.5 Å². The van der Waals surface area contributed by atoms with Gasteiger partial charge in [-0.05, 0) is 50.5 Å². The molecule has 2 heterocycles. The molecule has 1 aromatic carbocycles. The van der Waals surface area contributed by atoms with Gasteiger partial charge in [0.25, 0.3) is 0 Å². The van der Waals surface area contributed by atoms with Gasteiger partial charge in [0.15, 0.2) is 0 Å². The monoisotopic (exact) mass is 385 g/mol. The minimum Gasteiger partial charge on any atom is -0.425 e. The van der Waals surface area contributed by atoms with Gasteiger partial charge in [-0.3, -0.25) is 4.79 Å². The maximum Gasteiger partial charge on any atom is 0.223 e. The minimum absolute atomic E-state index is 0.126. The third-order valence-corrected chi connectivity index (χ3v) is 5.42. The Kier molecular flexibility index (Phi) is 8.03. The zero-order valence-corrected chi connectivity index (χ0v) is 16.6. The van der Waals surface area contributed by atoms with Crippen LogP contribution in [0.25, 0.3) is 0 Å². The number of carbonyl (C=O) groups excluding carboxylic acids is 1. The summed E-state index contributed by atoms with van der Waals surface area (Å²) in [6.45, 7) is 0.922. The van der Waals surface area contributed by atoms with Crippen LogP contribution in [0.3, 0.4) is 0 Å². The highest BCUT2D eigenvalue weighted by atomic mass is 16.4. The lowest BCUT2D eigenvalue weighted by molar-refractivity contribution is -0.135. The summed E-state index contributed by atoms with van der Waals surface area (Å²) in [4.78, 5) is 14.5. The number of carbonyl (C=O) groups is 1. The second kappa shape index (κ2) is 11.0. The van der Waals surface area contributed by atoms with Gasteiger partial charge in [-0.25, -0.2) is 0 Å². The highest BCUT2D eigenvalue weighted by molar-refractivity contribution is 5.76. The van der Waals surface area contributed by atoms with Crippen LogP contribution < -0.4 is 0 Å². The van der Waals surface area contributed by atoms with Crippen molar-refractivity contribution in [1.29, 1.82) is 0 Å². The van der Waals surface area contributed by atoms with Crippen molar-refractivity contribution in [3.05, 3.63) is 47.7 Å². The van der Waals surface area contributed by atoms with E-state index in [2.05, 4.69) is 34.5 Å². The Balaban J connectivity index is 1.38. The quantitative estimate of drug-likeness (QED) is 0.635. The molecule has 0 spiro atoms. The van der Waals surface area contributed by atoms with Crippen molar-refractivity contribution in [1.82, 2.24) is 15.1 Å². The molecule has 152 valence electrons. The van der Waals surface area contributed by atoms with Gasteiger partial charge in [-0.15, -0.1) is 10.2 Å². The second-order valence-electron chi connectivity index (χ2n) is 7.53. The average molecular weight is 386 g/mol. The van der Waals surface area contributed by atoms with Gasteiger partial charge in [0.1, 0.15) is 0 Å². The van der Waals surface area contributed by atoms with Gasteiger partial charge in [0.05, 0.1) is 0 Å². The van der Waals surface area contributed by atoms with E-state index in [-0.39, 0.29) is 18.6 Å². The normalized spacial score (nSPS) is 17.0. The number of piperidine rings is 1. The summed E-state index contributed by atoms with van der Waals surface area (Å²) in [6.07, 6.45) is 8.62. The third-order valence-electron chi connectivity index (χ3n) is 5.42. The minimum atomic E-state index is 0.126. The molecule has 1 aliphatic rings. The van der Waals surface area contributed by atoms with Gasteiger partial charge in [-0.1, -0.05) is 30.3 Å². The Hall–Kier alpha value is -2.21. The first-order valence-corrected chi connectivity index (χ1v) is 10.5. The number of hydrogen-bond acceptors (Lipinski definition) is 5. The molecule has 1 aromatic heterocycles. The Morgan fingerprint density at radius 1 is 1.07 bits per heavy atom. The fourth-order valence-corrected chi connectivity index (χ4v) is 3.88. The number of amides is 1. The lowest BCUT2D eigenvalue weighted by atomic mass is 9.99. The molecule has 0 aliphatic carbocycles. The van der Waals surface area contributed by atoms with Crippen LogP contribution in [0.1, 0.15) is 62.3 Å². The molecular weight excluding hydrogens is 354 g/mol. The summed E-state index contributed by atoms with van der Waals surface area (Å²) in [6, 6.07) is 10.6. The maximum absolute atomic E-state index is 12.6. The lowest BCUT2D eigenvalue weighted by Gasteiger charge is -2.35. The van der Waals surface area contributed by atoms with Gasteiger partial charge in [0.2, 0.25) is 17.7 Å². The number of rotatable bonds is 10. The number of hydrogen-bond donors (Lipinski definition) is 1. The van der Waals surface area contributed by atoms with Crippen LogP contribution in [0.4, 0.5) is 0 Å². The van der Waals surface area contributed by atoms with Crippen LogP contribution in [0, 0.1) is 0 Å². The van der Waals surface area contributed by atoms with Crippen molar-refractivity contribution in [3.63, 3.8) is 0 Å². The zero-order valence-electron chi connectivity index (χ0n) is 16.6. The van der Waals surface area contributed by atoms with E-state index >= 15 is 0 Å². The molecule has 2 aromatic rings. The highest BCUT2D eigenvalue weighted by Crippen LogP contribution is 2.21. The molecule has 1 N–H and O–H groups in total. The molecule has 3 rings (SSSR count). The molecule has 1 saturated heterocycles. The van der Waals surface area contributed by atoms with E-state index in [1.54, 1.807) is 0 Å². The van der Waals surface area contributed by atoms with Crippen LogP contribution >= 0.6 is 0 Å². The van der Waals surface area contributed by atoms with E-state index in [1.807, 2.05) is 11.0 Å². The number of likely N-dealkylation sites (tertiary alicyclic amines) is 1. The SMILES string of the molecule is O=C(CCc1nnc(CCCCc2ccccc2)o1)N1CCCC[C@@H]1CCO. The molecule has 28 heavy (non-hydrogen) atoms. The van der Waals surface area contributed by atoms with Crippen LogP contribution in [0.15, 0.2) is 34.7 Å². The Morgan fingerprint density at radius 3 is 2.61 bits per heavy atom. The molecule has 1 aliphatic heterocycles. The molecule has 1 amide bonds. The summed E-state index contributed by atoms with van der Waals surface area (Å²) in [5, 5.41) is 17.4. The van der Waals surface area contributed by atoms with Crippen LogP contribution in [0.2, 0.25) is 0 Å². The molecule has 6 heteroatoms. The molecule has 0 unspecified atom stereocenters. The first-order valence-electron chi connectivity index (χ1n) is 10.5. The van der Waals surface area contributed by atoms with E-state index < -0.39 is 0 Å². The number of unbranched alkanes of at least 4 members (excludes halogenated alkanes) is 1. The molecule has 1 fully saturated rings. The Labute approximate surface area is 167 Å². The molecule has 6 nitrogen and oxygen atoms in total. The summed E-state index contributed by atoms with van der Waals surface area (Å²) >= 11 is 0. The summed E-state index contributed by atoms with van der Waals surface area (Å²) in [5.41, 5.74) is 1.35. The highest BCUT2D eigenvalue weighted by Gasteiger charge is 2.26. The van der Waals surface area contributed by atoms with E-state index in [4.69, 9.17) is 4.42 Å². The van der Waals surface area contributed by atoms with E-state index in [9.17, 15) is 9.90 Å². The molecular formula is C22H31N3O3. The van der Waals surface area contributed by atoms with Gasteiger partial charge in [0, 0.05) is 38.5 Å². The van der Waals surface area contributed by atoms with Gasteiger partial charge < -0.3 is 14.4 Å². The van der Waals surface area contributed by atoms with Crippen molar-refractivity contribution >= 4 is 5.91 Å². The van der Waals surface area contributed by atoms with Gasteiger partial charge in [-0.2, -0.15) is 0 Å². The largest absolute Gasteiger partial charge is 0.425 e. The molecule has 0 radical (unpaired) electrons. The second-order valence-corrected chi connectivity index (χ2v) is 7.53. The van der Waals surface area contributed by atoms with E-state index in [0.29, 0.717) is 31.0 Å². The van der Waals surface area contributed by atoms with Crippen LogP contribution in [-0.4, -0.2) is 45.3 Å². The fourth-order valence-electron chi connectivity index (χ4n) is 3.88. The summed E-state index contributed by atoms with van der Waals surface area (Å²) in [5.74, 6) is 1.33. The number of benzene rings is 1. The maximum atomic E-state index is 12.6. The first-order chi connectivity index (χ1) is 13.8. The van der Waals surface area contributed by atoms with Gasteiger partial charge >= 0.3 is 0 Å². The van der Waals surface area contributed by atoms with Crippen LogP contribution in [0.5, 0.6) is 0 Å². The molecule has 0 bridgehead atoms. The van der Waals surface area contributed by atoms with E-state index in [1.165, 1.54) is 5.56 Å². The Bertz CT molecular complexity index is 715. The van der Waals surface area contributed by atoms with Crippen molar-refractivity contribution in [2.24, 2.45) is 0 Å². The van der Waals surface area contributed by atoms with Crippen molar-refractivity contribution in [2.45, 2.75) is 70.3 Å². The number of aliphatic hydroxyl groups is 1. The summed E-state index contributed by atoms with van der Waals surface area (Å²) in [7, 11) is 0. The standard InChI is InChI=1S/C22H31N3O3/c26-17-15-19-11-6-7-16-25(19)22(27)14-13-21-24-23-20(28-21)12-5-4-10-18-8-2-1-3-9-18/h1-3,8-9,19,26H,4-7,10-17H2/t19-/m1/s1. The molecule has 0 saturated carbocycles. The van der Waals surface area contributed by atoms with Crippen LogP contribution in [-0.2, 0) is 24.1 Å². The lowest BCUT2D eigenvalue weighted by Crippen LogP contribution is -2.44. The van der Waals surface area contributed by atoms with Crippen molar-refractivity contribution < 1.29 is 14.3 Å². The van der Waals surface area contributed by atoms with Crippen molar-refractivity contribution in [3.8, 4) is 0 Å². The zero-order chi connectivity index (χ0) is 19.6. The summed E-state index contributed by atoms with van der Waals surface area (Å²) < 4.78 is 5.72. The number of aryl methyl sites for hydroxylation is 3. The predicted molar refractivity (Wildman–Crippen MR) is 107 cm³/mol. The van der Waals surface area contributed by atoms with Crippen molar-refractivity contribution in [2.75, 3.05) is 13.2 Å². The third kappa shape index (κ3) is 6.16. The molecule has 1 atom stereocenters. The Morgan fingerprint density at radius 2 is 1.82 bits per heavy atom. The fraction of sp³-hybridized carbons (Fsp3) is 0.591. The number of aromatic nitrogens is 2. The van der Waals surface area contributed by atoms with E-state index in [0.717, 1.165) is 51.5 Å². The smallest absolute Gasteiger partial charge is 0.223 e.